The number of hydrogen-bond donors (Lipinski definition) is 2. The van der Waals surface area contributed by atoms with E-state index in [1.165, 1.54) is 6.33 Å². The molecule has 1 amide bonds. The van der Waals surface area contributed by atoms with Crippen LogP contribution >= 0.6 is 0 Å². The summed E-state index contributed by atoms with van der Waals surface area (Å²) in [6, 6.07) is 14.7. The molecular formula is C20H18N4O3. The maximum atomic E-state index is 12.6. The van der Waals surface area contributed by atoms with E-state index in [9.17, 15) is 4.79 Å². The number of fused-ring (bicyclic) bond motifs is 1. The third kappa shape index (κ3) is 3.82. The number of aryl methyl sites for hydroxylation is 1. The molecule has 7 nitrogen and oxygen atoms in total. The van der Waals surface area contributed by atoms with Gasteiger partial charge in [0.15, 0.2) is 11.5 Å². The van der Waals surface area contributed by atoms with Crippen LogP contribution in [0, 0.1) is 6.92 Å². The van der Waals surface area contributed by atoms with Gasteiger partial charge in [0.2, 0.25) is 0 Å². The number of nitrogens with zero attached hydrogens (tertiary/aromatic N) is 2. The van der Waals surface area contributed by atoms with Crippen LogP contribution in [-0.2, 0) is 0 Å². The molecule has 2 heterocycles. The Morgan fingerprint density at radius 1 is 1.00 bits per heavy atom. The first kappa shape index (κ1) is 16.8. The normalized spacial score (nSPS) is 12.3. The Morgan fingerprint density at radius 2 is 1.81 bits per heavy atom. The van der Waals surface area contributed by atoms with E-state index in [0.29, 0.717) is 36.2 Å². The van der Waals surface area contributed by atoms with Gasteiger partial charge in [-0.15, -0.1) is 0 Å². The van der Waals surface area contributed by atoms with Crippen molar-refractivity contribution in [2.45, 2.75) is 6.92 Å². The number of ether oxygens (including phenoxy) is 2. The van der Waals surface area contributed by atoms with Gasteiger partial charge in [0.25, 0.3) is 5.91 Å². The number of aromatic nitrogens is 2. The number of carbonyl (C=O) groups is 1. The fourth-order valence-corrected chi connectivity index (χ4v) is 2.72. The molecule has 1 aliphatic rings. The summed E-state index contributed by atoms with van der Waals surface area (Å²) in [4.78, 5) is 20.8. The van der Waals surface area contributed by atoms with Gasteiger partial charge in [-0.1, -0.05) is 18.2 Å². The highest BCUT2D eigenvalue weighted by molar-refractivity contribution is 6.03. The van der Waals surface area contributed by atoms with Crippen molar-refractivity contribution < 1.29 is 14.3 Å². The number of rotatable bonds is 4. The number of benzene rings is 2. The van der Waals surface area contributed by atoms with Crippen LogP contribution in [0.25, 0.3) is 0 Å². The molecular weight excluding hydrogens is 344 g/mol. The zero-order valence-electron chi connectivity index (χ0n) is 14.7. The Balaban J connectivity index is 1.50. The summed E-state index contributed by atoms with van der Waals surface area (Å²) in [7, 11) is 0. The van der Waals surface area contributed by atoms with Crippen molar-refractivity contribution in [2.75, 3.05) is 23.8 Å². The minimum absolute atomic E-state index is 0.260. The Kier molecular flexibility index (Phi) is 4.57. The van der Waals surface area contributed by atoms with Gasteiger partial charge >= 0.3 is 0 Å². The predicted octanol–water partition coefficient (Wildman–Crippen LogP) is 3.55. The number of hydrogen-bond acceptors (Lipinski definition) is 6. The molecule has 1 aliphatic heterocycles. The number of para-hydroxylation sites is 1. The molecule has 0 atom stereocenters. The smallest absolute Gasteiger partial charge is 0.274 e. The Labute approximate surface area is 156 Å². The van der Waals surface area contributed by atoms with E-state index in [0.717, 1.165) is 11.3 Å². The van der Waals surface area contributed by atoms with E-state index in [1.807, 2.05) is 31.2 Å². The van der Waals surface area contributed by atoms with Crippen molar-refractivity contribution in [1.29, 1.82) is 0 Å². The fraction of sp³-hybridized carbons (Fsp3) is 0.150. The minimum atomic E-state index is -0.332. The second kappa shape index (κ2) is 7.33. The largest absolute Gasteiger partial charge is 0.486 e. The van der Waals surface area contributed by atoms with Gasteiger partial charge in [0.1, 0.15) is 31.1 Å². The molecule has 0 unspecified atom stereocenters. The van der Waals surface area contributed by atoms with Crippen LogP contribution in [0.15, 0.2) is 54.9 Å². The van der Waals surface area contributed by atoms with Crippen molar-refractivity contribution in [3.05, 3.63) is 66.1 Å². The van der Waals surface area contributed by atoms with E-state index < -0.39 is 0 Å². The van der Waals surface area contributed by atoms with Crippen LogP contribution in [0.1, 0.15) is 16.1 Å². The molecule has 4 rings (SSSR count). The van der Waals surface area contributed by atoms with Crippen LogP contribution in [0.4, 0.5) is 17.2 Å². The first-order valence-electron chi connectivity index (χ1n) is 8.55. The molecule has 0 fully saturated rings. The maximum Gasteiger partial charge on any atom is 0.274 e. The highest BCUT2D eigenvalue weighted by Gasteiger charge is 2.14. The van der Waals surface area contributed by atoms with E-state index in [-0.39, 0.29) is 11.6 Å². The minimum Gasteiger partial charge on any atom is -0.486 e. The van der Waals surface area contributed by atoms with E-state index >= 15 is 0 Å². The molecule has 2 aromatic carbocycles. The first-order valence-corrected chi connectivity index (χ1v) is 8.55. The summed E-state index contributed by atoms with van der Waals surface area (Å²) >= 11 is 0. The Morgan fingerprint density at radius 3 is 2.67 bits per heavy atom. The molecule has 7 heteroatoms. The van der Waals surface area contributed by atoms with Gasteiger partial charge in [0.05, 0.1) is 0 Å². The fourth-order valence-electron chi connectivity index (χ4n) is 2.72. The Hall–Kier alpha value is -3.61. The van der Waals surface area contributed by atoms with E-state index in [2.05, 4.69) is 20.6 Å². The summed E-state index contributed by atoms with van der Waals surface area (Å²) in [5.74, 6) is 1.50. The molecule has 0 radical (unpaired) electrons. The summed E-state index contributed by atoms with van der Waals surface area (Å²) in [6.07, 6.45) is 1.36. The van der Waals surface area contributed by atoms with Gasteiger partial charge in [0, 0.05) is 23.5 Å². The molecule has 27 heavy (non-hydrogen) atoms. The average Bonchev–Trinajstić information content (AvgIpc) is 2.70. The van der Waals surface area contributed by atoms with Crippen LogP contribution in [0.2, 0.25) is 0 Å². The van der Waals surface area contributed by atoms with Gasteiger partial charge < -0.3 is 20.1 Å². The van der Waals surface area contributed by atoms with E-state index in [1.54, 1.807) is 24.3 Å². The second-order valence-corrected chi connectivity index (χ2v) is 6.04. The third-order valence-corrected chi connectivity index (χ3v) is 4.11. The van der Waals surface area contributed by atoms with Crippen molar-refractivity contribution in [1.82, 2.24) is 9.97 Å². The van der Waals surface area contributed by atoms with Crippen LogP contribution in [0.3, 0.4) is 0 Å². The number of amides is 1. The van der Waals surface area contributed by atoms with Gasteiger partial charge in [-0.3, -0.25) is 4.79 Å². The highest BCUT2D eigenvalue weighted by Crippen LogP contribution is 2.32. The quantitative estimate of drug-likeness (QED) is 0.738. The predicted molar refractivity (Wildman–Crippen MR) is 102 cm³/mol. The van der Waals surface area contributed by atoms with Crippen molar-refractivity contribution in [3.63, 3.8) is 0 Å². The molecule has 3 aromatic rings. The number of anilines is 3. The van der Waals surface area contributed by atoms with Gasteiger partial charge in [-0.05, 0) is 30.7 Å². The molecule has 2 N–H and O–H groups in total. The van der Waals surface area contributed by atoms with Gasteiger partial charge in [-0.2, -0.15) is 0 Å². The SMILES string of the molecule is Cc1ccccc1Nc1cc(C(=O)Nc2ccc3c(c2)OCCO3)ncn1. The lowest BCUT2D eigenvalue weighted by Gasteiger charge is -2.19. The van der Waals surface area contributed by atoms with Crippen LogP contribution in [-0.4, -0.2) is 29.1 Å². The van der Waals surface area contributed by atoms with Crippen molar-refractivity contribution in [3.8, 4) is 11.5 Å². The molecule has 0 saturated heterocycles. The lowest BCUT2D eigenvalue weighted by Crippen LogP contribution is -2.17. The second-order valence-electron chi connectivity index (χ2n) is 6.04. The highest BCUT2D eigenvalue weighted by atomic mass is 16.6. The van der Waals surface area contributed by atoms with Crippen LogP contribution < -0.4 is 20.1 Å². The number of carbonyl (C=O) groups excluding carboxylic acids is 1. The van der Waals surface area contributed by atoms with Gasteiger partial charge in [-0.25, -0.2) is 9.97 Å². The zero-order chi connectivity index (χ0) is 18.6. The molecule has 0 aliphatic carbocycles. The standard InChI is InChI=1S/C20H18N4O3/c1-13-4-2-3-5-15(13)24-19-11-16(21-12-22-19)20(25)23-14-6-7-17-18(10-14)27-9-8-26-17/h2-7,10-12H,8-9H2,1H3,(H,23,25)(H,21,22,24). The van der Waals surface area contributed by atoms with Crippen LogP contribution in [0.5, 0.6) is 11.5 Å². The molecule has 0 spiro atoms. The van der Waals surface area contributed by atoms with Crippen molar-refractivity contribution >= 4 is 23.1 Å². The lowest BCUT2D eigenvalue weighted by molar-refractivity contribution is 0.102. The van der Waals surface area contributed by atoms with E-state index in [4.69, 9.17) is 9.47 Å². The molecule has 1 aromatic heterocycles. The molecule has 136 valence electrons. The summed E-state index contributed by atoms with van der Waals surface area (Å²) in [6.45, 7) is 3.01. The Bertz CT molecular complexity index is 990. The summed E-state index contributed by atoms with van der Waals surface area (Å²) < 4.78 is 11.0. The maximum absolute atomic E-state index is 12.6. The topological polar surface area (TPSA) is 85.4 Å². The summed E-state index contributed by atoms with van der Waals surface area (Å²) in [5, 5.41) is 6.02. The third-order valence-electron chi connectivity index (χ3n) is 4.11. The molecule has 0 saturated carbocycles. The summed E-state index contributed by atoms with van der Waals surface area (Å²) in [5.41, 5.74) is 2.88. The average molecular weight is 362 g/mol. The zero-order valence-corrected chi connectivity index (χ0v) is 14.7. The lowest BCUT2D eigenvalue weighted by atomic mass is 10.2. The monoisotopic (exact) mass is 362 g/mol. The number of nitrogens with one attached hydrogen (secondary N) is 2. The molecule has 0 bridgehead atoms. The first-order chi connectivity index (χ1) is 13.2. The van der Waals surface area contributed by atoms with Crippen molar-refractivity contribution in [2.24, 2.45) is 0 Å².